The molecule has 0 atom stereocenters. The molecule has 0 saturated heterocycles. The molecule has 0 amide bonds. The number of alkyl halides is 2. The Labute approximate surface area is 112 Å². The third-order valence-corrected chi connectivity index (χ3v) is 2.90. The predicted octanol–water partition coefficient (Wildman–Crippen LogP) is 3.47. The Morgan fingerprint density at radius 1 is 1.37 bits per heavy atom. The van der Waals surface area contributed by atoms with Crippen molar-refractivity contribution in [3.05, 3.63) is 46.2 Å². The van der Waals surface area contributed by atoms with Gasteiger partial charge in [-0.3, -0.25) is 0 Å². The number of hydrogen-bond donors (Lipinski definition) is 1. The number of aromatic nitrogens is 2. The summed E-state index contributed by atoms with van der Waals surface area (Å²) in [4.78, 5) is 11.0. The van der Waals surface area contributed by atoms with Gasteiger partial charge < -0.3 is 5.11 Å². The highest BCUT2D eigenvalue weighted by molar-refractivity contribution is 6.33. The molecule has 1 aromatic carbocycles. The molecule has 0 saturated carbocycles. The molecule has 0 fully saturated rings. The number of benzene rings is 1. The molecule has 0 radical (unpaired) electrons. The fourth-order valence-corrected chi connectivity index (χ4v) is 1.93. The molecule has 7 heteroatoms. The van der Waals surface area contributed by atoms with Gasteiger partial charge in [0.2, 0.25) is 0 Å². The minimum absolute atomic E-state index is 0.341. The van der Waals surface area contributed by atoms with E-state index in [0.717, 1.165) is 10.2 Å². The molecule has 0 aliphatic rings. The van der Waals surface area contributed by atoms with Gasteiger partial charge in [-0.15, -0.1) is 0 Å². The van der Waals surface area contributed by atoms with Crippen LogP contribution in [0.25, 0.3) is 5.69 Å². The van der Waals surface area contributed by atoms with Gasteiger partial charge in [0.15, 0.2) is 0 Å². The minimum Gasteiger partial charge on any atom is -0.478 e. The number of hydrogen-bond acceptors (Lipinski definition) is 2. The summed E-state index contributed by atoms with van der Waals surface area (Å²) in [6, 6.07) is 6.73. The number of carboxylic acid groups (broad SMARTS) is 1. The van der Waals surface area contributed by atoms with Gasteiger partial charge in [-0.2, -0.15) is 5.10 Å². The summed E-state index contributed by atoms with van der Waals surface area (Å²) in [5.74, 6) is -1.53. The van der Waals surface area contributed by atoms with Crippen LogP contribution in [0, 0.1) is 6.92 Å². The van der Waals surface area contributed by atoms with Gasteiger partial charge in [-0.25, -0.2) is 18.3 Å². The zero-order valence-electron chi connectivity index (χ0n) is 9.77. The topological polar surface area (TPSA) is 55.1 Å². The van der Waals surface area contributed by atoms with E-state index in [1.165, 1.54) is 0 Å². The zero-order chi connectivity index (χ0) is 14.2. The van der Waals surface area contributed by atoms with Crippen molar-refractivity contribution in [2.24, 2.45) is 0 Å². The molecule has 1 aromatic heterocycles. The fourth-order valence-electron chi connectivity index (χ4n) is 1.62. The SMILES string of the molecule is Cc1ccc(-n2nc(C(F)F)c(C(=O)O)c2Cl)cc1. The number of aryl methyl sites for hydroxylation is 1. The van der Waals surface area contributed by atoms with Gasteiger partial charge in [-0.05, 0) is 19.1 Å². The Morgan fingerprint density at radius 3 is 2.37 bits per heavy atom. The van der Waals surface area contributed by atoms with Crippen LogP contribution in [0.5, 0.6) is 0 Å². The van der Waals surface area contributed by atoms with Crippen molar-refractivity contribution in [2.45, 2.75) is 13.3 Å². The minimum atomic E-state index is -3.00. The molecule has 0 bridgehead atoms. The lowest BCUT2D eigenvalue weighted by Gasteiger charge is -2.03. The Hall–Kier alpha value is -1.95. The molecule has 4 nitrogen and oxygen atoms in total. The van der Waals surface area contributed by atoms with Crippen LogP contribution < -0.4 is 0 Å². The number of aromatic carboxylic acids is 1. The van der Waals surface area contributed by atoms with Crippen molar-refractivity contribution in [3.63, 3.8) is 0 Å². The van der Waals surface area contributed by atoms with Crippen LogP contribution >= 0.6 is 11.6 Å². The highest BCUT2D eigenvalue weighted by Gasteiger charge is 2.28. The van der Waals surface area contributed by atoms with Gasteiger partial charge in [0.05, 0.1) is 5.69 Å². The van der Waals surface area contributed by atoms with Crippen molar-refractivity contribution >= 4 is 17.6 Å². The molecular formula is C12H9ClF2N2O2. The number of halogens is 3. The maximum Gasteiger partial charge on any atom is 0.341 e. The van der Waals surface area contributed by atoms with Crippen molar-refractivity contribution in [3.8, 4) is 5.69 Å². The van der Waals surface area contributed by atoms with Gasteiger partial charge in [0.25, 0.3) is 6.43 Å². The lowest BCUT2D eigenvalue weighted by Crippen LogP contribution is -2.00. The highest BCUT2D eigenvalue weighted by Crippen LogP contribution is 2.30. The molecule has 100 valence electrons. The average Bonchev–Trinajstić information content (AvgIpc) is 2.68. The van der Waals surface area contributed by atoms with Crippen LogP contribution in [-0.4, -0.2) is 20.9 Å². The van der Waals surface area contributed by atoms with E-state index in [1.807, 2.05) is 6.92 Å². The maximum absolute atomic E-state index is 12.8. The van der Waals surface area contributed by atoms with Crippen LogP contribution in [0.3, 0.4) is 0 Å². The summed E-state index contributed by atoms with van der Waals surface area (Å²) in [6.45, 7) is 1.86. The van der Waals surface area contributed by atoms with E-state index in [9.17, 15) is 13.6 Å². The molecule has 1 heterocycles. The van der Waals surface area contributed by atoms with E-state index in [-0.39, 0.29) is 5.15 Å². The van der Waals surface area contributed by atoms with E-state index >= 15 is 0 Å². The molecule has 19 heavy (non-hydrogen) atoms. The van der Waals surface area contributed by atoms with E-state index in [1.54, 1.807) is 24.3 Å². The summed E-state index contributed by atoms with van der Waals surface area (Å²) in [6.07, 6.45) is -3.00. The zero-order valence-corrected chi connectivity index (χ0v) is 10.5. The van der Waals surface area contributed by atoms with E-state index in [0.29, 0.717) is 5.69 Å². The first-order chi connectivity index (χ1) is 8.91. The van der Waals surface area contributed by atoms with Gasteiger partial charge >= 0.3 is 5.97 Å². The van der Waals surface area contributed by atoms with Crippen molar-refractivity contribution in [2.75, 3.05) is 0 Å². The Morgan fingerprint density at radius 2 is 1.95 bits per heavy atom. The molecular weight excluding hydrogens is 278 g/mol. The molecule has 1 N–H and O–H groups in total. The number of carbonyl (C=O) groups is 1. The normalized spacial score (nSPS) is 11.0. The van der Waals surface area contributed by atoms with Crippen LogP contribution in [-0.2, 0) is 0 Å². The molecule has 2 rings (SSSR count). The standard InChI is InChI=1S/C12H9ClF2N2O2/c1-6-2-4-7(5-3-6)17-10(13)8(12(18)19)9(16-17)11(14)15/h2-5,11H,1H3,(H,18,19). The average molecular weight is 287 g/mol. The predicted molar refractivity (Wildman–Crippen MR) is 65.2 cm³/mol. The summed E-state index contributed by atoms with van der Waals surface area (Å²) in [5, 5.41) is 12.2. The highest BCUT2D eigenvalue weighted by atomic mass is 35.5. The van der Waals surface area contributed by atoms with Crippen LogP contribution in [0.2, 0.25) is 5.15 Å². The van der Waals surface area contributed by atoms with Crippen LogP contribution in [0.1, 0.15) is 28.0 Å². The maximum atomic E-state index is 12.8. The fraction of sp³-hybridized carbons (Fsp3) is 0.167. The second-order valence-electron chi connectivity index (χ2n) is 3.90. The van der Waals surface area contributed by atoms with Crippen molar-refractivity contribution < 1.29 is 18.7 Å². The smallest absolute Gasteiger partial charge is 0.341 e. The first-order valence-electron chi connectivity index (χ1n) is 5.28. The Bertz CT molecular complexity index is 623. The second-order valence-corrected chi connectivity index (χ2v) is 4.26. The Kier molecular flexibility index (Phi) is 3.53. The lowest BCUT2D eigenvalue weighted by atomic mass is 10.2. The van der Waals surface area contributed by atoms with Gasteiger partial charge in [0, 0.05) is 0 Å². The summed E-state index contributed by atoms with van der Waals surface area (Å²) in [7, 11) is 0. The van der Waals surface area contributed by atoms with E-state index in [4.69, 9.17) is 16.7 Å². The molecule has 0 aliphatic carbocycles. The summed E-state index contributed by atoms with van der Waals surface area (Å²) < 4.78 is 26.5. The second kappa shape index (κ2) is 4.97. The summed E-state index contributed by atoms with van der Waals surface area (Å²) >= 11 is 5.83. The number of rotatable bonds is 3. The lowest BCUT2D eigenvalue weighted by molar-refractivity contribution is 0.0684. The monoisotopic (exact) mass is 286 g/mol. The van der Waals surface area contributed by atoms with Crippen molar-refractivity contribution in [1.29, 1.82) is 0 Å². The van der Waals surface area contributed by atoms with E-state index in [2.05, 4.69) is 5.10 Å². The first-order valence-corrected chi connectivity index (χ1v) is 5.66. The van der Waals surface area contributed by atoms with E-state index < -0.39 is 23.7 Å². The molecule has 2 aromatic rings. The van der Waals surface area contributed by atoms with Crippen LogP contribution in [0.4, 0.5) is 8.78 Å². The third kappa shape index (κ3) is 2.44. The number of nitrogens with zero attached hydrogens (tertiary/aromatic N) is 2. The van der Waals surface area contributed by atoms with Crippen LogP contribution in [0.15, 0.2) is 24.3 Å². The first kappa shape index (κ1) is 13.5. The summed E-state index contributed by atoms with van der Waals surface area (Å²) in [5.41, 5.74) is -0.111. The quantitative estimate of drug-likeness (QED) is 0.940. The Balaban J connectivity index is 2.62. The van der Waals surface area contributed by atoms with Gasteiger partial charge in [0.1, 0.15) is 16.4 Å². The molecule has 0 unspecified atom stereocenters. The van der Waals surface area contributed by atoms with Gasteiger partial charge in [-0.1, -0.05) is 29.3 Å². The third-order valence-electron chi connectivity index (χ3n) is 2.56. The van der Waals surface area contributed by atoms with Crippen molar-refractivity contribution in [1.82, 2.24) is 9.78 Å². The molecule has 0 aliphatic heterocycles. The number of carboxylic acids is 1. The molecule has 0 spiro atoms. The largest absolute Gasteiger partial charge is 0.478 e.